The molecule has 0 unspecified atom stereocenters. The predicted molar refractivity (Wildman–Crippen MR) is 250 cm³/mol. The Morgan fingerprint density at radius 2 is 0.625 bits per heavy atom. The van der Waals surface area contributed by atoms with Crippen molar-refractivity contribution in [1.29, 1.82) is 15.8 Å². The van der Waals surface area contributed by atoms with Crippen molar-refractivity contribution in [2.75, 3.05) is 0 Å². The van der Waals surface area contributed by atoms with Gasteiger partial charge in [0, 0.05) is 33.8 Å². The number of nitrogens with zero attached hydrogens (tertiary/aromatic N) is 9. The molecule has 0 fully saturated rings. The van der Waals surface area contributed by atoms with Gasteiger partial charge in [0.2, 0.25) is 0 Å². The second kappa shape index (κ2) is 16.8. The molecule has 0 amide bonds. The molecule has 0 spiro atoms. The fourth-order valence-corrected chi connectivity index (χ4v) is 9.72. The number of fused-ring (bicyclic) bond motifs is 6. The molecule has 0 aliphatic heterocycles. The summed E-state index contributed by atoms with van der Waals surface area (Å²) in [6.45, 7) is 0. The molecule has 3 N–H and O–H groups in total. The van der Waals surface area contributed by atoms with Crippen molar-refractivity contribution in [2.24, 2.45) is 0 Å². The SMILES string of the molecule is N#Cc1ccc(-c2nc3c(c4nc(-c5ccc(C#N)c(F)c5)n(-c5ccc(S(=O)(=O)O)cc5)c4c4nc(-c5ccc(C#N)c(F)c5)n(-c5ccc(S(=O)(=O)O)cc5)c34)n2-c2ccc(S(=O)(=O)O)cc2)cc1F. The largest absolute Gasteiger partial charge is 0.294 e. The van der Waals surface area contributed by atoms with Gasteiger partial charge in [0.15, 0.2) is 0 Å². The van der Waals surface area contributed by atoms with Crippen molar-refractivity contribution < 1.29 is 52.1 Å². The highest BCUT2D eigenvalue weighted by Crippen LogP contribution is 2.45. The summed E-state index contributed by atoms with van der Waals surface area (Å²) in [4.78, 5) is 13.6. The van der Waals surface area contributed by atoms with Gasteiger partial charge in [0.25, 0.3) is 30.4 Å². The van der Waals surface area contributed by atoms with Crippen LogP contribution in [0.15, 0.2) is 142 Å². The maximum absolute atomic E-state index is 15.7. The lowest BCUT2D eigenvalue weighted by molar-refractivity contribution is 0.481. The van der Waals surface area contributed by atoms with Crippen LogP contribution < -0.4 is 0 Å². The number of rotatable bonds is 9. The summed E-state index contributed by atoms with van der Waals surface area (Å²) in [5.41, 5.74) is -0.778. The Morgan fingerprint density at radius 3 is 0.819 bits per heavy atom. The first-order chi connectivity index (χ1) is 34.2. The van der Waals surface area contributed by atoms with Crippen molar-refractivity contribution in [2.45, 2.75) is 14.7 Å². The van der Waals surface area contributed by atoms with Crippen LogP contribution in [0.4, 0.5) is 13.2 Å². The van der Waals surface area contributed by atoms with Crippen LogP contribution in [0.3, 0.4) is 0 Å². The fraction of sp³-hybridized carbons (Fsp3) is 0. The van der Waals surface area contributed by atoms with Gasteiger partial charge < -0.3 is 0 Å². The van der Waals surface area contributed by atoms with Gasteiger partial charge in [-0.25, -0.2) is 28.1 Å². The summed E-state index contributed by atoms with van der Waals surface area (Å²) in [5, 5.41) is 28.9. The number of nitriles is 3. The normalized spacial score (nSPS) is 12.0. The van der Waals surface area contributed by atoms with E-state index in [4.69, 9.17) is 15.0 Å². The molecule has 0 saturated heterocycles. The van der Waals surface area contributed by atoms with Crippen molar-refractivity contribution in [3.63, 3.8) is 0 Å². The van der Waals surface area contributed by atoms with Gasteiger partial charge in [-0.2, -0.15) is 41.0 Å². The van der Waals surface area contributed by atoms with Crippen molar-refractivity contribution >= 4 is 63.5 Å². The molecule has 18 nitrogen and oxygen atoms in total. The maximum atomic E-state index is 15.7. The zero-order valence-corrected chi connectivity index (χ0v) is 38.2. The molecular weight excluding hydrogens is 1000 g/mol. The zero-order valence-electron chi connectivity index (χ0n) is 35.8. The second-order valence-electron chi connectivity index (χ2n) is 15.7. The topological polar surface area (TPSA) is 288 Å². The first-order valence-electron chi connectivity index (χ1n) is 20.4. The van der Waals surface area contributed by atoms with Crippen molar-refractivity contribution in [1.82, 2.24) is 28.7 Å². The summed E-state index contributed by atoms with van der Waals surface area (Å²) < 4.78 is 155. The molecule has 7 aromatic carbocycles. The summed E-state index contributed by atoms with van der Waals surface area (Å²) >= 11 is 0. The van der Waals surface area contributed by atoms with E-state index in [0.29, 0.717) is 0 Å². The molecule has 3 aromatic heterocycles. The van der Waals surface area contributed by atoms with Gasteiger partial charge in [-0.3, -0.25) is 27.4 Å². The van der Waals surface area contributed by atoms with E-state index in [-0.39, 0.29) is 101 Å². The predicted octanol–water partition coefficient (Wildman–Crippen LogP) is 8.48. The average molecular weight is 1020 g/mol. The Hall–Kier alpha value is -9.06. The molecule has 3 heterocycles. The van der Waals surface area contributed by atoms with E-state index >= 15 is 13.2 Å². The van der Waals surface area contributed by atoms with Gasteiger partial charge in [-0.15, -0.1) is 0 Å². The quantitative estimate of drug-likeness (QED) is 0.114. The molecule has 0 saturated carbocycles. The standard InChI is InChI=1S/C48H24F3N9O9S3/c49-37-19-25(1-4-28(37)22-52)46-55-40-43(58(46)31-7-13-34(14-8-31)70(61,62)63)41-45(60(33-11-17-36(18-12-33)72(67,68)69)47(56-41)26-2-5-29(23-53)38(50)20-26)42-44(40)59(32-9-15-35(16-10-32)71(64,65)66)48(57-42)27-3-6-30(24-54)39(51)21-27/h1-21H,(H,61,62,63)(H,64,65,66)(H,67,68,69). The highest BCUT2D eigenvalue weighted by Gasteiger charge is 2.32. The zero-order chi connectivity index (χ0) is 51.2. The third kappa shape index (κ3) is 7.76. The van der Waals surface area contributed by atoms with E-state index in [1.807, 2.05) is 0 Å². The molecule has 10 aromatic rings. The van der Waals surface area contributed by atoms with E-state index in [2.05, 4.69) is 0 Å². The minimum Gasteiger partial charge on any atom is -0.290 e. The van der Waals surface area contributed by atoms with Gasteiger partial charge in [-0.1, -0.05) is 0 Å². The van der Waals surface area contributed by atoms with Crippen LogP contribution in [-0.2, 0) is 30.4 Å². The molecule has 72 heavy (non-hydrogen) atoms. The Kier molecular flexibility index (Phi) is 10.9. The lowest BCUT2D eigenvalue weighted by Crippen LogP contribution is -2.03. The van der Waals surface area contributed by atoms with E-state index in [0.717, 1.165) is 54.6 Å². The van der Waals surface area contributed by atoms with E-state index in [9.17, 15) is 54.7 Å². The third-order valence-corrected chi connectivity index (χ3v) is 14.1. The third-order valence-electron chi connectivity index (χ3n) is 11.5. The van der Waals surface area contributed by atoms with Crippen LogP contribution in [0.1, 0.15) is 16.7 Å². The highest BCUT2D eigenvalue weighted by atomic mass is 32.2. The number of aromatic nitrogens is 6. The minimum atomic E-state index is -4.77. The second-order valence-corrected chi connectivity index (χ2v) is 20.0. The summed E-state index contributed by atoms with van der Waals surface area (Å²) in [6.07, 6.45) is 0. The van der Waals surface area contributed by atoms with Gasteiger partial charge in [0.1, 0.15) is 86.2 Å². The molecule has 10 rings (SSSR count). The van der Waals surface area contributed by atoms with Crippen LogP contribution in [0.2, 0.25) is 0 Å². The Balaban J connectivity index is 1.49. The molecule has 0 aliphatic carbocycles. The smallest absolute Gasteiger partial charge is 0.290 e. The average Bonchev–Trinajstić information content (AvgIpc) is 4.06. The first kappa shape index (κ1) is 46.7. The lowest BCUT2D eigenvalue weighted by atomic mass is 10.1. The molecule has 354 valence electrons. The monoisotopic (exact) mass is 1020 g/mol. The fourth-order valence-electron chi connectivity index (χ4n) is 8.28. The summed E-state index contributed by atoms with van der Waals surface area (Å²) in [6, 6.07) is 30.0. The summed E-state index contributed by atoms with van der Waals surface area (Å²) in [7, 11) is -14.3. The number of hydrogen-bond acceptors (Lipinski definition) is 12. The molecule has 0 radical (unpaired) electrons. The van der Waals surface area contributed by atoms with E-state index < -0.39 is 62.5 Å². The van der Waals surface area contributed by atoms with Gasteiger partial charge >= 0.3 is 0 Å². The Labute approximate surface area is 403 Å². The van der Waals surface area contributed by atoms with E-state index in [1.165, 1.54) is 86.5 Å². The number of imidazole rings is 3. The molecule has 0 atom stereocenters. The van der Waals surface area contributed by atoms with Crippen LogP contribution in [0, 0.1) is 51.4 Å². The van der Waals surface area contributed by atoms with Crippen LogP contribution in [0.25, 0.3) is 84.3 Å². The number of halogens is 3. The van der Waals surface area contributed by atoms with Crippen LogP contribution in [-0.4, -0.2) is 67.6 Å². The lowest BCUT2D eigenvalue weighted by Gasteiger charge is -2.13. The molecule has 0 bridgehead atoms. The molecular formula is C48H24F3N9O9S3. The minimum absolute atomic E-state index is 0.00816. The summed E-state index contributed by atoms with van der Waals surface area (Å²) in [5.74, 6) is -3.20. The van der Waals surface area contributed by atoms with E-state index in [1.54, 1.807) is 18.2 Å². The van der Waals surface area contributed by atoms with Crippen LogP contribution >= 0.6 is 0 Å². The molecule has 0 aliphatic rings. The highest BCUT2D eigenvalue weighted by molar-refractivity contribution is 7.86. The van der Waals surface area contributed by atoms with Crippen molar-refractivity contribution in [3.05, 3.63) is 162 Å². The Bertz CT molecular complexity index is 4000. The van der Waals surface area contributed by atoms with Crippen molar-refractivity contribution in [3.8, 4) is 69.4 Å². The Morgan fingerprint density at radius 1 is 0.389 bits per heavy atom. The van der Waals surface area contributed by atoms with Crippen LogP contribution in [0.5, 0.6) is 0 Å². The first-order valence-corrected chi connectivity index (χ1v) is 24.8. The number of benzene rings is 7. The van der Waals surface area contributed by atoms with Gasteiger partial charge in [0.05, 0.1) is 31.4 Å². The number of hydrogen-bond donors (Lipinski definition) is 3. The molecule has 24 heteroatoms. The maximum Gasteiger partial charge on any atom is 0.294 e. The van der Waals surface area contributed by atoms with Gasteiger partial charge in [-0.05, 0) is 127 Å².